The first-order valence-electron chi connectivity index (χ1n) is 6.54. The van der Waals surface area contributed by atoms with Crippen molar-refractivity contribution in [1.82, 2.24) is 10.3 Å². The van der Waals surface area contributed by atoms with Gasteiger partial charge in [0.15, 0.2) is 0 Å². The lowest BCUT2D eigenvalue weighted by molar-refractivity contribution is 0.529. The first-order valence-corrected chi connectivity index (χ1v) is 6.54. The molecular weight excluding hydrogens is 220 g/mol. The minimum absolute atomic E-state index is 0.500. The summed E-state index contributed by atoms with van der Waals surface area (Å²) < 4.78 is 0. The van der Waals surface area contributed by atoms with Gasteiger partial charge in [0.05, 0.1) is 0 Å². The van der Waals surface area contributed by atoms with Crippen molar-refractivity contribution in [3.8, 4) is 0 Å². The summed E-state index contributed by atoms with van der Waals surface area (Å²) in [6.45, 7) is 3.06. The average Bonchev–Trinajstić information content (AvgIpc) is 2.80. The van der Waals surface area contributed by atoms with Gasteiger partial charge in [-0.3, -0.25) is 4.98 Å². The highest BCUT2D eigenvalue weighted by Gasteiger charge is 2.21. The molecule has 1 atom stereocenters. The van der Waals surface area contributed by atoms with E-state index in [0.717, 1.165) is 6.54 Å². The Labute approximate surface area is 108 Å². The van der Waals surface area contributed by atoms with E-state index in [1.807, 2.05) is 18.5 Å². The van der Waals surface area contributed by atoms with Gasteiger partial charge >= 0.3 is 0 Å². The van der Waals surface area contributed by atoms with Gasteiger partial charge in [-0.2, -0.15) is 0 Å². The SMILES string of the molecule is Cc1ccc2c(c1)C(NCc1cccnc1)CC2. The minimum Gasteiger partial charge on any atom is -0.306 e. The number of aryl methyl sites for hydroxylation is 2. The molecule has 1 heterocycles. The molecule has 3 rings (SSSR count). The van der Waals surface area contributed by atoms with Gasteiger partial charge in [-0.1, -0.05) is 29.8 Å². The molecule has 1 aliphatic carbocycles. The summed E-state index contributed by atoms with van der Waals surface area (Å²) in [4.78, 5) is 4.15. The lowest BCUT2D eigenvalue weighted by Crippen LogP contribution is -2.18. The van der Waals surface area contributed by atoms with Crippen LogP contribution in [-0.4, -0.2) is 4.98 Å². The Hall–Kier alpha value is -1.67. The highest BCUT2D eigenvalue weighted by molar-refractivity contribution is 5.37. The third-order valence-corrected chi connectivity index (χ3v) is 3.65. The monoisotopic (exact) mass is 238 g/mol. The molecule has 2 aromatic rings. The maximum Gasteiger partial charge on any atom is 0.0329 e. The number of aromatic nitrogens is 1. The molecule has 0 saturated heterocycles. The normalized spacial score (nSPS) is 17.7. The molecule has 0 fully saturated rings. The first kappa shape index (κ1) is 11.4. The van der Waals surface area contributed by atoms with Crippen molar-refractivity contribution < 1.29 is 0 Å². The van der Waals surface area contributed by atoms with Crippen molar-refractivity contribution in [2.75, 3.05) is 0 Å². The minimum atomic E-state index is 0.500. The second-order valence-electron chi connectivity index (χ2n) is 5.04. The third kappa shape index (κ3) is 2.29. The van der Waals surface area contributed by atoms with Gasteiger partial charge in [-0.15, -0.1) is 0 Å². The number of rotatable bonds is 3. The van der Waals surface area contributed by atoms with Crippen molar-refractivity contribution in [3.63, 3.8) is 0 Å². The summed E-state index contributed by atoms with van der Waals surface area (Å²) in [6.07, 6.45) is 6.15. The van der Waals surface area contributed by atoms with Gasteiger partial charge < -0.3 is 5.32 Å². The van der Waals surface area contributed by atoms with Crippen molar-refractivity contribution in [3.05, 3.63) is 65.0 Å². The summed E-state index contributed by atoms with van der Waals surface area (Å²) in [5, 5.41) is 3.64. The predicted molar refractivity (Wildman–Crippen MR) is 73.3 cm³/mol. The van der Waals surface area contributed by atoms with E-state index in [9.17, 15) is 0 Å². The number of hydrogen-bond donors (Lipinski definition) is 1. The Morgan fingerprint density at radius 2 is 2.28 bits per heavy atom. The molecule has 1 unspecified atom stereocenters. The van der Waals surface area contributed by atoms with Crippen LogP contribution in [0, 0.1) is 6.92 Å². The molecule has 2 heteroatoms. The lowest BCUT2D eigenvalue weighted by Gasteiger charge is -2.14. The number of nitrogens with zero attached hydrogens (tertiary/aromatic N) is 1. The van der Waals surface area contributed by atoms with Crippen molar-refractivity contribution >= 4 is 0 Å². The number of hydrogen-bond acceptors (Lipinski definition) is 2. The van der Waals surface area contributed by atoms with Crippen LogP contribution in [-0.2, 0) is 13.0 Å². The van der Waals surface area contributed by atoms with Crippen LogP contribution in [0.1, 0.15) is 34.7 Å². The average molecular weight is 238 g/mol. The standard InChI is InChI=1S/C16H18N2/c1-12-4-5-14-6-7-16(15(14)9-12)18-11-13-3-2-8-17-10-13/h2-5,8-10,16,18H,6-7,11H2,1H3. The van der Waals surface area contributed by atoms with Gasteiger partial charge in [0.2, 0.25) is 0 Å². The fourth-order valence-corrected chi connectivity index (χ4v) is 2.68. The Bertz CT molecular complexity index is 534. The molecule has 1 N–H and O–H groups in total. The summed E-state index contributed by atoms with van der Waals surface area (Å²) in [5.41, 5.74) is 5.59. The molecule has 2 nitrogen and oxygen atoms in total. The van der Waals surface area contributed by atoms with E-state index in [0.29, 0.717) is 6.04 Å². The van der Waals surface area contributed by atoms with Crippen LogP contribution >= 0.6 is 0 Å². The summed E-state index contributed by atoms with van der Waals surface area (Å²) in [6, 6.07) is 11.4. The van der Waals surface area contributed by atoms with E-state index in [1.165, 1.54) is 35.1 Å². The molecule has 1 aromatic heterocycles. The van der Waals surface area contributed by atoms with Crippen LogP contribution in [0.3, 0.4) is 0 Å². The van der Waals surface area contributed by atoms with E-state index in [4.69, 9.17) is 0 Å². The molecule has 0 aliphatic heterocycles. The molecule has 0 bridgehead atoms. The van der Waals surface area contributed by atoms with Gasteiger partial charge in [-0.25, -0.2) is 0 Å². The fourth-order valence-electron chi connectivity index (χ4n) is 2.68. The van der Waals surface area contributed by atoms with Crippen LogP contribution < -0.4 is 5.32 Å². The first-order chi connectivity index (χ1) is 8.83. The van der Waals surface area contributed by atoms with Crippen LogP contribution in [0.5, 0.6) is 0 Å². The second-order valence-corrected chi connectivity index (χ2v) is 5.04. The molecule has 0 saturated carbocycles. The van der Waals surface area contributed by atoms with E-state index in [1.54, 1.807) is 0 Å². The van der Waals surface area contributed by atoms with Gasteiger partial charge in [0, 0.05) is 25.0 Å². The van der Waals surface area contributed by atoms with Crippen molar-refractivity contribution in [2.45, 2.75) is 32.4 Å². The van der Waals surface area contributed by atoms with Crippen LogP contribution in [0.4, 0.5) is 0 Å². The van der Waals surface area contributed by atoms with Crippen molar-refractivity contribution in [1.29, 1.82) is 0 Å². The smallest absolute Gasteiger partial charge is 0.0329 e. The Balaban J connectivity index is 1.71. The largest absolute Gasteiger partial charge is 0.306 e. The molecule has 0 radical (unpaired) electrons. The highest BCUT2D eigenvalue weighted by atomic mass is 14.9. The van der Waals surface area contributed by atoms with Gasteiger partial charge in [0.1, 0.15) is 0 Å². The van der Waals surface area contributed by atoms with Gasteiger partial charge in [0.25, 0.3) is 0 Å². The zero-order valence-electron chi connectivity index (χ0n) is 10.7. The number of fused-ring (bicyclic) bond motifs is 1. The molecule has 18 heavy (non-hydrogen) atoms. The Kier molecular flexibility index (Phi) is 3.11. The van der Waals surface area contributed by atoms with E-state index < -0.39 is 0 Å². The third-order valence-electron chi connectivity index (χ3n) is 3.65. The Morgan fingerprint density at radius 1 is 1.33 bits per heavy atom. The maximum absolute atomic E-state index is 4.15. The quantitative estimate of drug-likeness (QED) is 0.888. The fraction of sp³-hybridized carbons (Fsp3) is 0.312. The molecule has 0 spiro atoms. The number of pyridine rings is 1. The Morgan fingerprint density at radius 3 is 3.11 bits per heavy atom. The number of benzene rings is 1. The number of nitrogens with one attached hydrogen (secondary N) is 1. The topological polar surface area (TPSA) is 24.9 Å². The van der Waals surface area contributed by atoms with E-state index in [2.05, 4.69) is 41.5 Å². The summed E-state index contributed by atoms with van der Waals surface area (Å²) >= 11 is 0. The zero-order valence-corrected chi connectivity index (χ0v) is 10.7. The molecule has 92 valence electrons. The van der Waals surface area contributed by atoms with E-state index in [-0.39, 0.29) is 0 Å². The zero-order chi connectivity index (χ0) is 12.4. The second kappa shape index (κ2) is 4.91. The summed E-state index contributed by atoms with van der Waals surface area (Å²) in [5.74, 6) is 0. The molecule has 1 aromatic carbocycles. The van der Waals surface area contributed by atoms with Crippen LogP contribution in [0.15, 0.2) is 42.7 Å². The van der Waals surface area contributed by atoms with Crippen LogP contribution in [0.2, 0.25) is 0 Å². The van der Waals surface area contributed by atoms with Crippen LogP contribution in [0.25, 0.3) is 0 Å². The summed E-state index contributed by atoms with van der Waals surface area (Å²) in [7, 11) is 0. The predicted octanol–water partition coefficient (Wildman–Crippen LogP) is 3.17. The highest BCUT2D eigenvalue weighted by Crippen LogP contribution is 2.31. The molecular formula is C16H18N2. The van der Waals surface area contributed by atoms with Gasteiger partial charge in [-0.05, 0) is 42.5 Å². The molecule has 1 aliphatic rings. The molecule has 0 amide bonds. The van der Waals surface area contributed by atoms with Crippen molar-refractivity contribution in [2.24, 2.45) is 0 Å². The van der Waals surface area contributed by atoms with E-state index >= 15 is 0 Å². The lowest BCUT2D eigenvalue weighted by atomic mass is 10.0. The maximum atomic E-state index is 4.15.